The Morgan fingerprint density at radius 2 is 2.00 bits per heavy atom. The van der Waals surface area contributed by atoms with Gasteiger partial charge in [0.1, 0.15) is 16.5 Å². The Kier molecular flexibility index (Phi) is 2.85. The van der Waals surface area contributed by atoms with Crippen LogP contribution in [0.25, 0.3) is 10.9 Å². The number of rotatable bonds is 1. The first-order valence-corrected chi connectivity index (χ1v) is 5.63. The van der Waals surface area contributed by atoms with Crippen molar-refractivity contribution in [3.05, 3.63) is 40.3 Å². The molecule has 84 valence electrons. The molecule has 2 rings (SSSR count). The fourth-order valence-electron chi connectivity index (χ4n) is 1.76. The van der Waals surface area contributed by atoms with E-state index in [0.717, 1.165) is 16.5 Å². The van der Waals surface area contributed by atoms with Crippen LogP contribution in [0.4, 0.5) is 4.39 Å². The van der Waals surface area contributed by atoms with E-state index in [1.54, 1.807) is 6.07 Å². The SMILES string of the molecule is Cc1ccc(F)c2nc(Cl)c(C(C)C)cc12. The third-order valence-electron chi connectivity index (χ3n) is 2.76. The van der Waals surface area contributed by atoms with Gasteiger partial charge in [0.15, 0.2) is 0 Å². The summed E-state index contributed by atoms with van der Waals surface area (Å²) in [5.41, 5.74) is 2.33. The number of hydrogen-bond acceptors (Lipinski definition) is 1. The van der Waals surface area contributed by atoms with E-state index in [-0.39, 0.29) is 11.7 Å². The molecular weight excluding hydrogens is 225 g/mol. The molecule has 2 aromatic rings. The first-order valence-electron chi connectivity index (χ1n) is 5.26. The van der Waals surface area contributed by atoms with Gasteiger partial charge in [0.2, 0.25) is 0 Å². The van der Waals surface area contributed by atoms with Crippen molar-refractivity contribution in [2.45, 2.75) is 26.7 Å². The van der Waals surface area contributed by atoms with E-state index in [2.05, 4.69) is 4.98 Å². The highest BCUT2D eigenvalue weighted by Gasteiger charge is 2.12. The van der Waals surface area contributed by atoms with Crippen LogP contribution >= 0.6 is 11.6 Å². The van der Waals surface area contributed by atoms with Gasteiger partial charge < -0.3 is 0 Å². The number of halogens is 2. The molecular formula is C13H13ClFN. The Hall–Kier alpha value is -1.15. The van der Waals surface area contributed by atoms with Crippen molar-refractivity contribution in [3.8, 4) is 0 Å². The van der Waals surface area contributed by atoms with Gasteiger partial charge in [-0.05, 0) is 36.1 Å². The van der Waals surface area contributed by atoms with E-state index in [1.807, 2.05) is 26.8 Å². The molecule has 0 N–H and O–H groups in total. The largest absolute Gasteiger partial charge is 0.233 e. The van der Waals surface area contributed by atoms with Crippen LogP contribution in [-0.4, -0.2) is 4.98 Å². The second-order valence-corrected chi connectivity index (χ2v) is 4.64. The van der Waals surface area contributed by atoms with Crippen LogP contribution < -0.4 is 0 Å². The monoisotopic (exact) mass is 237 g/mol. The van der Waals surface area contributed by atoms with E-state index < -0.39 is 0 Å². The van der Waals surface area contributed by atoms with Crippen LogP contribution in [0.2, 0.25) is 5.15 Å². The molecule has 3 heteroatoms. The molecule has 16 heavy (non-hydrogen) atoms. The van der Waals surface area contributed by atoms with Gasteiger partial charge in [0.05, 0.1) is 0 Å². The van der Waals surface area contributed by atoms with Crippen LogP contribution in [0, 0.1) is 12.7 Å². The van der Waals surface area contributed by atoms with E-state index in [9.17, 15) is 4.39 Å². The van der Waals surface area contributed by atoms with Crippen LogP contribution in [0.15, 0.2) is 18.2 Å². The second kappa shape index (κ2) is 4.02. The maximum absolute atomic E-state index is 13.6. The Morgan fingerprint density at radius 3 is 2.62 bits per heavy atom. The Morgan fingerprint density at radius 1 is 1.31 bits per heavy atom. The lowest BCUT2D eigenvalue weighted by Crippen LogP contribution is -1.95. The number of benzene rings is 1. The molecule has 0 aliphatic rings. The summed E-state index contributed by atoms with van der Waals surface area (Å²) in [6.07, 6.45) is 0. The number of pyridine rings is 1. The highest BCUT2D eigenvalue weighted by molar-refractivity contribution is 6.30. The Bertz CT molecular complexity index is 549. The van der Waals surface area contributed by atoms with E-state index >= 15 is 0 Å². The Labute approximate surface area is 99.3 Å². The lowest BCUT2D eigenvalue weighted by atomic mass is 10.0. The summed E-state index contributed by atoms with van der Waals surface area (Å²) in [5, 5.41) is 1.24. The number of aryl methyl sites for hydroxylation is 1. The third kappa shape index (κ3) is 1.78. The first-order chi connectivity index (χ1) is 7.50. The zero-order chi connectivity index (χ0) is 11.9. The Balaban J connectivity index is 2.84. The third-order valence-corrected chi connectivity index (χ3v) is 3.06. The molecule has 1 heterocycles. The molecule has 1 nitrogen and oxygen atoms in total. The zero-order valence-electron chi connectivity index (χ0n) is 9.51. The summed E-state index contributed by atoms with van der Waals surface area (Å²) < 4.78 is 13.6. The maximum Gasteiger partial charge on any atom is 0.149 e. The van der Waals surface area contributed by atoms with Gasteiger partial charge in [0.25, 0.3) is 0 Å². The molecule has 0 fully saturated rings. The summed E-state index contributed by atoms with van der Waals surface area (Å²) in [6.45, 7) is 6.04. The molecule has 0 amide bonds. The maximum atomic E-state index is 13.6. The molecule has 0 saturated heterocycles. The van der Waals surface area contributed by atoms with Gasteiger partial charge in [-0.2, -0.15) is 0 Å². The molecule has 0 saturated carbocycles. The molecule has 0 aliphatic heterocycles. The second-order valence-electron chi connectivity index (χ2n) is 4.28. The van der Waals surface area contributed by atoms with Crippen molar-refractivity contribution in [1.29, 1.82) is 0 Å². The van der Waals surface area contributed by atoms with Crippen molar-refractivity contribution in [1.82, 2.24) is 4.98 Å². The summed E-state index contributed by atoms with van der Waals surface area (Å²) in [6, 6.07) is 5.13. The molecule has 0 bridgehead atoms. The summed E-state index contributed by atoms with van der Waals surface area (Å²) in [7, 11) is 0. The van der Waals surface area contributed by atoms with Crippen molar-refractivity contribution in [2.75, 3.05) is 0 Å². The first kappa shape index (κ1) is 11.3. The molecule has 0 atom stereocenters. The average Bonchev–Trinajstić information content (AvgIpc) is 2.23. The normalized spacial score (nSPS) is 11.4. The van der Waals surface area contributed by atoms with Gasteiger partial charge in [-0.3, -0.25) is 0 Å². The van der Waals surface area contributed by atoms with E-state index in [4.69, 9.17) is 11.6 Å². The van der Waals surface area contributed by atoms with Crippen molar-refractivity contribution in [2.24, 2.45) is 0 Å². The number of aromatic nitrogens is 1. The minimum Gasteiger partial charge on any atom is -0.233 e. The predicted molar refractivity (Wildman–Crippen MR) is 65.5 cm³/mol. The molecule has 1 aromatic carbocycles. The van der Waals surface area contributed by atoms with Gasteiger partial charge in [-0.25, -0.2) is 9.37 Å². The average molecular weight is 238 g/mol. The van der Waals surface area contributed by atoms with Crippen LogP contribution in [0.3, 0.4) is 0 Å². The van der Waals surface area contributed by atoms with E-state index in [0.29, 0.717) is 10.7 Å². The van der Waals surface area contributed by atoms with Gasteiger partial charge in [-0.15, -0.1) is 0 Å². The molecule has 0 unspecified atom stereocenters. The predicted octanol–water partition coefficient (Wildman–Crippen LogP) is 4.46. The van der Waals surface area contributed by atoms with Crippen molar-refractivity contribution in [3.63, 3.8) is 0 Å². The topological polar surface area (TPSA) is 12.9 Å². The lowest BCUT2D eigenvalue weighted by Gasteiger charge is -2.10. The zero-order valence-corrected chi connectivity index (χ0v) is 10.3. The fraction of sp³-hybridized carbons (Fsp3) is 0.308. The minimum absolute atomic E-state index is 0.284. The van der Waals surface area contributed by atoms with Gasteiger partial charge in [-0.1, -0.05) is 31.5 Å². The molecule has 0 radical (unpaired) electrons. The van der Waals surface area contributed by atoms with Crippen molar-refractivity contribution >= 4 is 22.5 Å². The standard InChI is InChI=1S/C13H13ClFN/c1-7(2)9-6-10-8(3)4-5-11(15)12(10)16-13(9)14/h4-7H,1-3H3. The highest BCUT2D eigenvalue weighted by atomic mass is 35.5. The number of nitrogens with zero attached hydrogens (tertiary/aromatic N) is 1. The highest BCUT2D eigenvalue weighted by Crippen LogP contribution is 2.29. The van der Waals surface area contributed by atoms with Gasteiger partial charge >= 0.3 is 0 Å². The fourth-order valence-corrected chi connectivity index (χ4v) is 2.12. The molecule has 0 spiro atoms. The minimum atomic E-state index is -0.321. The molecule has 0 aliphatic carbocycles. The van der Waals surface area contributed by atoms with Crippen LogP contribution in [-0.2, 0) is 0 Å². The van der Waals surface area contributed by atoms with E-state index in [1.165, 1.54) is 6.07 Å². The quantitative estimate of drug-likeness (QED) is 0.668. The van der Waals surface area contributed by atoms with Crippen molar-refractivity contribution < 1.29 is 4.39 Å². The van der Waals surface area contributed by atoms with Crippen LogP contribution in [0.5, 0.6) is 0 Å². The summed E-state index contributed by atoms with van der Waals surface area (Å²) >= 11 is 6.04. The summed E-state index contributed by atoms with van der Waals surface area (Å²) in [5.74, 6) is -0.0372. The number of fused-ring (bicyclic) bond motifs is 1. The molecule has 1 aromatic heterocycles. The summed E-state index contributed by atoms with van der Waals surface area (Å²) in [4.78, 5) is 4.15. The lowest BCUT2D eigenvalue weighted by molar-refractivity contribution is 0.636. The smallest absolute Gasteiger partial charge is 0.149 e. The number of hydrogen-bond donors (Lipinski definition) is 0. The van der Waals surface area contributed by atoms with Gasteiger partial charge in [0, 0.05) is 5.39 Å². The van der Waals surface area contributed by atoms with Crippen LogP contribution in [0.1, 0.15) is 30.9 Å².